The van der Waals surface area contributed by atoms with Crippen LogP contribution in [-0.4, -0.2) is 15.9 Å². The number of nitrogens with zero attached hydrogens (tertiary/aromatic N) is 2. The molecule has 0 fully saturated rings. The van der Waals surface area contributed by atoms with Crippen molar-refractivity contribution in [2.75, 3.05) is 5.32 Å². The van der Waals surface area contributed by atoms with Gasteiger partial charge in [-0.3, -0.25) is 4.79 Å². The van der Waals surface area contributed by atoms with Gasteiger partial charge in [0.15, 0.2) is 0 Å². The summed E-state index contributed by atoms with van der Waals surface area (Å²) in [5.41, 5.74) is 5.55. The van der Waals surface area contributed by atoms with Gasteiger partial charge in [-0.25, -0.2) is 9.97 Å². The van der Waals surface area contributed by atoms with Gasteiger partial charge < -0.3 is 10.6 Å². The number of hydrogen-bond acceptors (Lipinski definition) is 4. The van der Waals surface area contributed by atoms with Crippen LogP contribution in [0.2, 0.25) is 0 Å². The summed E-state index contributed by atoms with van der Waals surface area (Å²) in [6.07, 6.45) is 0. The zero-order chi connectivity index (χ0) is 21.0. The van der Waals surface area contributed by atoms with Crippen LogP contribution < -0.4 is 10.6 Å². The minimum Gasteiger partial charge on any atom is -0.347 e. The highest BCUT2D eigenvalue weighted by molar-refractivity contribution is 5.92. The van der Waals surface area contributed by atoms with E-state index < -0.39 is 0 Å². The van der Waals surface area contributed by atoms with E-state index in [1.165, 1.54) is 11.1 Å². The molecule has 3 rings (SSSR count). The standard InChI is InChI=1S/C24H28N4O/c1-16-6-8-18(9-7-16)15-25-22(29)21-14-17(2)26-23(28-21)27-20-12-10-19(11-13-20)24(3,4)5/h6-14H,15H2,1-5H3,(H,25,29)(H,26,27,28). The second-order valence-corrected chi connectivity index (χ2v) is 8.34. The lowest BCUT2D eigenvalue weighted by Crippen LogP contribution is -2.24. The Labute approximate surface area is 172 Å². The van der Waals surface area contributed by atoms with Crippen LogP contribution in [0.3, 0.4) is 0 Å². The highest BCUT2D eigenvalue weighted by atomic mass is 16.1. The number of rotatable bonds is 5. The van der Waals surface area contributed by atoms with Gasteiger partial charge in [-0.15, -0.1) is 0 Å². The van der Waals surface area contributed by atoms with Gasteiger partial charge in [-0.05, 0) is 48.6 Å². The minimum absolute atomic E-state index is 0.0983. The van der Waals surface area contributed by atoms with E-state index in [2.05, 4.69) is 53.5 Å². The molecule has 2 N–H and O–H groups in total. The molecule has 0 aliphatic rings. The molecule has 5 nitrogen and oxygen atoms in total. The molecule has 0 atom stereocenters. The van der Waals surface area contributed by atoms with Crippen LogP contribution >= 0.6 is 0 Å². The third kappa shape index (κ3) is 5.64. The molecule has 0 aliphatic heterocycles. The van der Waals surface area contributed by atoms with Gasteiger partial charge >= 0.3 is 0 Å². The maximum atomic E-state index is 12.6. The van der Waals surface area contributed by atoms with Gasteiger partial charge in [-0.1, -0.05) is 62.7 Å². The molecule has 0 unspecified atom stereocenters. The van der Waals surface area contributed by atoms with Crippen LogP contribution in [0.4, 0.5) is 11.6 Å². The number of nitrogens with one attached hydrogen (secondary N) is 2. The number of carbonyl (C=O) groups excluding carboxylic acids is 1. The summed E-state index contributed by atoms with van der Waals surface area (Å²) in [7, 11) is 0. The summed E-state index contributed by atoms with van der Waals surface area (Å²) >= 11 is 0. The number of amides is 1. The molecule has 1 amide bonds. The predicted molar refractivity (Wildman–Crippen MR) is 118 cm³/mol. The van der Waals surface area contributed by atoms with Gasteiger partial charge in [0.2, 0.25) is 5.95 Å². The largest absolute Gasteiger partial charge is 0.347 e. The number of hydrogen-bond donors (Lipinski definition) is 2. The lowest BCUT2D eigenvalue weighted by Gasteiger charge is -2.19. The van der Waals surface area contributed by atoms with Gasteiger partial charge in [0.25, 0.3) is 5.91 Å². The van der Waals surface area contributed by atoms with Gasteiger partial charge in [0, 0.05) is 17.9 Å². The van der Waals surface area contributed by atoms with E-state index in [-0.39, 0.29) is 11.3 Å². The summed E-state index contributed by atoms with van der Waals surface area (Å²) < 4.78 is 0. The zero-order valence-corrected chi connectivity index (χ0v) is 17.7. The fourth-order valence-corrected chi connectivity index (χ4v) is 2.90. The quantitative estimate of drug-likeness (QED) is 0.641. The molecule has 1 heterocycles. The Balaban J connectivity index is 1.70. The van der Waals surface area contributed by atoms with E-state index in [9.17, 15) is 4.79 Å². The molecule has 2 aromatic carbocycles. The molecule has 0 aliphatic carbocycles. The number of carbonyl (C=O) groups is 1. The molecule has 0 spiro atoms. The molecule has 1 aromatic heterocycles. The lowest BCUT2D eigenvalue weighted by atomic mass is 9.87. The Hall–Kier alpha value is -3.21. The Morgan fingerprint density at radius 2 is 1.59 bits per heavy atom. The highest BCUT2D eigenvalue weighted by Crippen LogP contribution is 2.24. The average Bonchev–Trinajstić information content (AvgIpc) is 2.66. The molecule has 0 saturated heterocycles. The van der Waals surface area contributed by atoms with E-state index in [0.717, 1.165) is 16.9 Å². The second-order valence-electron chi connectivity index (χ2n) is 8.34. The van der Waals surface area contributed by atoms with Crippen molar-refractivity contribution in [2.24, 2.45) is 0 Å². The number of aromatic nitrogens is 2. The summed E-state index contributed by atoms with van der Waals surface area (Å²) in [4.78, 5) is 21.4. The number of benzene rings is 2. The topological polar surface area (TPSA) is 66.9 Å². The van der Waals surface area contributed by atoms with Crippen molar-refractivity contribution in [1.29, 1.82) is 0 Å². The SMILES string of the molecule is Cc1ccc(CNC(=O)c2cc(C)nc(Nc3ccc(C(C)(C)C)cc3)n2)cc1. The predicted octanol–water partition coefficient (Wildman–Crippen LogP) is 5.06. The maximum Gasteiger partial charge on any atom is 0.270 e. The third-order valence-corrected chi connectivity index (χ3v) is 4.67. The Bertz CT molecular complexity index is 987. The van der Waals surface area contributed by atoms with E-state index in [0.29, 0.717) is 18.2 Å². The fraction of sp³-hybridized carbons (Fsp3) is 0.292. The normalized spacial score (nSPS) is 11.2. The first kappa shape index (κ1) is 20.5. The van der Waals surface area contributed by atoms with E-state index in [1.807, 2.05) is 50.2 Å². The van der Waals surface area contributed by atoms with Crippen molar-refractivity contribution in [3.05, 3.63) is 82.7 Å². The van der Waals surface area contributed by atoms with Gasteiger partial charge in [-0.2, -0.15) is 0 Å². The molecular weight excluding hydrogens is 360 g/mol. The molecule has 0 radical (unpaired) electrons. The van der Waals surface area contributed by atoms with Crippen molar-refractivity contribution in [1.82, 2.24) is 15.3 Å². The molecular formula is C24H28N4O. The molecule has 150 valence electrons. The lowest BCUT2D eigenvalue weighted by molar-refractivity contribution is 0.0945. The Morgan fingerprint density at radius 3 is 2.21 bits per heavy atom. The zero-order valence-electron chi connectivity index (χ0n) is 17.7. The number of aryl methyl sites for hydroxylation is 2. The van der Waals surface area contributed by atoms with Crippen molar-refractivity contribution in [3.63, 3.8) is 0 Å². The molecule has 3 aromatic rings. The summed E-state index contributed by atoms with van der Waals surface area (Å²) in [5, 5.41) is 6.12. The van der Waals surface area contributed by atoms with Crippen LogP contribution in [0.15, 0.2) is 54.6 Å². The van der Waals surface area contributed by atoms with E-state index >= 15 is 0 Å². The maximum absolute atomic E-state index is 12.6. The highest BCUT2D eigenvalue weighted by Gasteiger charge is 2.14. The van der Waals surface area contributed by atoms with Crippen LogP contribution in [0.1, 0.15) is 53.6 Å². The summed E-state index contributed by atoms with van der Waals surface area (Å²) in [6.45, 7) is 10.9. The van der Waals surface area contributed by atoms with E-state index in [4.69, 9.17) is 0 Å². The Kier molecular flexibility index (Phi) is 5.97. The van der Waals surface area contributed by atoms with Crippen LogP contribution in [0.25, 0.3) is 0 Å². The van der Waals surface area contributed by atoms with Crippen molar-refractivity contribution in [2.45, 2.75) is 46.6 Å². The summed E-state index contributed by atoms with van der Waals surface area (Å²) in [5.74, 6) is 0.191. The van der Waals surface area contributed by atoms with Gasteiger partial charge in [0.1, 0.15) is 5.69 Å². The van der Waals surface area contributed by atoms with Crippen molar-refractivity contribution < 1.29 is 4.79 Å². The Morgan fingerprint density at radius 1 is 0.931 bits per heavy atom. The average molecular weight is 389 g/mol. The molecule has 5 heteroatoms. The minimum atomic E-state index is -0.220. The van der Waals surface area contributed by atoms with Crippen molar-refractivity contribution in [3.8, 4) is 0 Å². The van der Waals surface area contributed by atoms with Crippen molar-refractivity contribution >= 4 is 17.5 Å². The first-order valence-corrected chi connectivity index (χ1v) is 9.78. The van der Waals surface area contributed by atoms with E-state index in [1.54, 1.807) is 6.07 Å². The van der Waals surface area contributed by atoms with Crippen LogP contribution in [0, 0.1) is 13.8 Å². The fourth-order valence-electron chi connectivity index (χ4n) is 2.90. The summed E-state index contributed by atoms with van der Waals surface area (Å²) in [6, 6.07) is 18.0. The van der Waals surface area contributed by atoms with Gasteiger partial charge in [0.05, 0.1) is 0 Å². The first-order chi connectivity index (χ1) is 13.7. The number of anilines is 2. The first-order valence-electron chi connectivity index (χ1n) is 9.78. The third-order valence-electron chi connectivity index (χ3n) is 4.67. The molecule has 0 saturated carbocycles. The second kappa shape index (κ2) is 8.43. The van der Waals surface area contributed by atoms with Crippen LogP contribution in [-0.2, 0) is 12.0 Å². The molecule has 29 heavy (non-hydrogen) atoms. The van der Waals surface area contributed by atoms with Crippen LogP contribution in [0.5, 0.6) is 0 Å². The smallest absolute Gasteiger partial charge is 0.270 e. The molecule has 0 bridgehead atoms. The monoisotopic (exact) mass is 388 g/mol.